The van der Waals surface area contributed by atoms with E-state index in [1.54, 1.807) is 6.07 Å². The van der Waals surface area contributed by atoms with Crippen LogP contribution in [0.3, 0.4) is 0 Å². The molecule has 1 N–H and O–H groups in total. The third-order valence-electron chi connectivity index (χ3n) is 4.65. The number of rotatable bonds is 3. The normalized spacial score (nSPS) is 13.1. The molecule has 4 nitrogen and oxygen atoms in total. The van der Waals surface area contributed by atoms with Gasteiger partial charge in [0.25, 0.3) is 0 Å². The summed E-state index contributed by atoms with van der Waals surface area (Å²) in [5.74, 6) is -0.0966. The minimum absolute atomic E-state index is 0.0426. The van der Waals surface area contributed by atoms with E-state index in [-0.39, 0.29) is 11.5 Å². The van der Waals surface area contributed by atoms with Crippen molar-refractivity contribution in [3.8, 4) is 5.69 Å². The number of pyridine rings is 1. The molecule has 0 amide bonds. The lowest BCUT2D eigenvalue weighted by Gasteiger charge is -2.12. The molecule has 0 spiro atoms. The van der Waals surface area contributed by atoms with Gasteiger partial charge < -0.3 is 10.0 Å². The number of fused-ring (bicyclic) bond motifs is 1. The maximum Gasteiger partial charge on any atom is 0.211 e. The number of Topliss-reactive ketones (excluding diaryl/α,β-unsaturated/α-hetero) is 1. The van der Waals surface area contributed by atoms with E-state index in [0.717, 1.165) is 16.9 Å². The van der Waals surface area contributed by atoms with Gasteiger partial charge in [0.05, 0.1) is 5.57 Å². The van der Waals surface area contributed by atoms with Crippen LogP contribution in [0.5, 0.6) is 0 Å². The Balaban J connectivity index is 1.78. The first-order valence-corrected chi connectivity index (χ1v) is 8.43. The van der Waals surface area contributed by atoms with Gasteiger partial charge in [0.1, 0.15) is 5.76 Å². The summed E-state index contributed by atoms with van der Waals surface area (Å²) in [4.78, 5) is 14.8. The van der Waals surface area contributed by atoms with E-state index in [2.05, 4.69) is 0 Å². The number of aliphatic hydroxyl groups excluding tert-OH is 1. The molecule has 0 unspecified atom stereocenters. The molecule has 3 aromatic rings. The van der Waals surface area contributed by atoms with Gasteiger partial charge in [-0.2, -0.15) is 4.57 Å². The number of carbonyl (C=O) groups is 1. The zero-order valence-electron chi connectivity index (χ0n) is 14.7. The van der Waals surface area contributed by atoms with Crippen molar-refractivity contribution in [1.82, 2.24) is 0 Å². The Labute approximate surface area is 152 Å². The van der Waals surface area contributed by atoms with Crippen molar-refractivity contribution < 1.29 is 14.5 Å². The Kier molecular flexibility index (Phi) is 3.81. The summed E-state index contributed by atoms with van der Waals surface area (Å²) < 4.78 is 1.95. The molecule has 1 heterocycles. The molecular weight excluding hydrogens is 324 g/mol. The summed E-state index contributed by atoms with van der Waals surface area (Å²) in [6.07, 6.45) is 3.86. The van der Waals surface area contributed by atoms with Gasteiger partial charge in [-0.15, -0.1) is 0 Å². The third kappa shape index (κ3) is 2.56. The van der Waals surface area contributed by atoms with Crippen molar-refractivity contribution in [2.75, 3.05) is 19.0 Å². The lowest BCUT2D eigenvalue weighted by atomic mass is 10.0. The van der Waals surface area contributed by atoms with Gasteiger partial charge in [-0.05, 0) is 23.8 Å². The predicted octanol–water partition coefficient (Wildman–Crippen LogP) is 3.65. The first-order valence-electron chi connectivity index (χ1n) is 8.43. The minimum atomic E-state index is -0.139. The highest BCUT2D eigenvalue weighted by Crippen LogP contribution is 2.37. The fourth-order valence-electron chi connectivity index (χ4n) is 3.23. The largest absolute Gasteiger partial charge is 0.506 e. The summed E-state index contributed by atoms with van der Waals surface area (Å²) in [5.41, 5.74) is 4.14. The summed E-state index contributed by atoms with van der Waals surface area (Å²) in [7, 11) is 3.93. The Bertz CT molecular complexity index is 1020. The maximum atomic E-state index is 12.8. The zero-order chi connectivity index (χ0) is 18.3. The average Bonchev–Trinajstić information content (AvgIpc) is 2.93. The van der Waals surface area contributed by atoms with Crippen molar-refractivity contribution in [3.63, 3.8) is 0 Å². The van der Waals surface area contributed by atoms with Gasteiger partial charge in [-0.1, -0.05) is 18.2 Å². The van der Waals surface area contributed by atoms with Crippen LogP contribution in [0.4, 0.5) is 5.69 Å². The van der Waals surface area contributed by atoms with Gasteiger partial charge in [-0.25, -0.2) is 0 Å². The van der Waals surface area contributed by atoms with E-state index in [1.165, 1.54) is 0 Å². The summed E-state index contributed by atoms with van der Waals surface area (Å²) >= 11 is 0. The monoisotopic (exact) mass is 343 g/mol. The van der Waals surface area contributed by atoms with Gasteiger partial charge in [0.15, 0.2) is 18.2 Å². The van der Waals surface area contributed by atoms with E-state index in [4.69, 9.17) is 0 Å². The van der Waals surface area contributed by atoms with Crippen molar-refractivity contribution in [2.45, 2.75) is 0 Å². The molecule has 0 saturated carbocycles. The Morgan fingerprint density at radius 3 is 2.23 bits per heavy atom. The number of carbonyl (C=O) groups excluding carboxylic acids is 1. The standard InChI is InChI=1S/C22H18N2O2/c1-23(2)16-8-6-15(7-9-16)20-21(25)18-11-10-17(14-19(18)22(20)26)24-12-4-3-5-13-24/h3-14H,1-2H3/p+1. The van der Waals surface area contributed by atoms with E-state index in [0.29, 0.717) is 16.7 Å². The van der Waals surface area contributed by atoms with Crippen LogP contribution in [0, 0.1) is 0 Å². The second kappa shape index (κ2) is 6.15. The number of hydrogen-bond donors (Lipinski definition) is 1. The number of allylic oxidation sites excluding steroid dienone is 1. The van der Waals surface area contributed by atoms with Crippen molar-refractivity contribution in [2.24, 2.45) is 0 Å². The first kappa shape index (κ1) is 16.1. The number of nitrogens with zero attached hydrogens (tertiary/aromatic N) is 2. The summed E-state index contributed by atoms with van der Waals surface area (Å²) in [6.45, 7) is 0. The molecule has 0 bridgehead atoms. The number of anilines is 1. The molecule has 0 aliphatic heterocycles. The Morgan fingerprint density at radius 1 is 0.885 bits per heavy atom. The molecule has 0 atom stereocenters. The summed E-state index contributed by atoms with van der Waals surface area (Å²) in [6, 6.07) is 19.0. The van der Waals surface area contributed by atoms with E-state index < -0.39 is 0 Å². The smallest absolute Gasteiger partial charge is 0.211 e. The van der Waals surface area contributed by atoms with Gasteiger partial charge in [-0.3, -0.25) is 4.79 Å². The van der Waals surface area contributed by atoms with Gasteiger partial charge in [0, 0.05) is 55.2 Å². The summed E-state index contributed by atoms with van der Waals surface area (Å²) in [5, 5.41) is 10.8. The molecule has 4 rings (SSSR count). The molecule has 2 aromatic carbocycles. The lowest BCUT2D eigenvalue weighted by Crippen LogP contribution is -2.29. The number of ketones is 1. The highest BCUT2D eigenvalue weighted by atomic mass is 16.3. The predicted molar refractivity (Wildman–Crippen MR) is 103 cm³/mol. The van der Waals surface area contributed by atoms with Crippen LogP contribution in [-0.2, 0) is 0 Å². The van der Waals surface area contributed by atoms with Crippen LogP contribution in [0.25, 0.3) is 17.0 Å². The second-order valence-electron chi connectivity index (χ2n) is 6.51. The molecule has 26 heavy (non-hydrogen) atoms. The average molecular weight is 343 g/mol. The quantitative estimate of drug-likeness (QED) is 0.738. The van der Waals surface area contributed by atoms with E-state index >= 15 is 0 Å². The molecule has 0 saturated heterocycles. The number of benzene rings is 2. The Hall–Kier alpha value is -3.40. The third-order valence-corrected chi connectivity index (χ3v) is 4.65. The fourth-order valence-corrected chi connectivity index (χ4v) is 3.23. The highest BCUT2D eigenvalue weighted by molar-refractivity contribution is 6.39. The topological polar surface area (TPSA) is 44.4 Å². The van der Waals surface area contributed by atoms with Crippen LogP contribution < -0.4 is 9.47 Å². The van der Waals surface area contributed by atoms with Crippen LogP contribution in [0.2, 0.25) is 0 Å². The van der Waals surface area contributed by atoms with Crippen molar-refractivity contribution in [3.05, 3.63) is 89.7 Å². The Morgan fingerprint density at radius 2 is 1.58 bits per heavy atom. The molecule has 0 radical (unpaired) electrons. The van der Waals surface area contributed by atoms with Gasteiger partial charge >= 0.3 is 0 Å². The van der Waals surface area contributed by atoms with Gasteiger partial charge in [0.2, 0.25) is 5.69 Å². The molecule has 0 fully saturated rings. The van der Waals surface area contributed by atoms with Crippen LogP contribution >= 0.6 is 0 Å². The fraction of sp³-hybridized carbons (Fsp3) is 0.0909. The van der Waals surface area contributed by atoms with Crippen molar-refractivity contribution >= 4 is 22.8 Å². The molecular formula is C22H19N2O2+. The molecule has 1 aromatic heterocycles. The lowest BCUT2D eigenvalue weighted by molar-refractivity contribution is -0.595. The maximum absolute atomic E-state index is 12.8. The van der Waals surface area contributed by atoms with Crippen LogP contribution in [0.15, 0.2) is 73.1 Å². The molecule has 128 valence electrons. The van der Waals surface area contributed by atoms with E-state index in [9.17, 15) is 9.90 Å². The van der Waals surface area contributed by atoms with Crippen LogP contribution in [-0.4, -0.2) is 25.0 Å². The SMILES string of the molecule is CN(C)c1ccc(C2=C(O)c3cc(-[n+]4ccccc4)ccc3C2=O)cc1. The van der Waals surface area contributed by atoms with E-state index in [1.807, 2.05) is 90.6 Å². The highest BCUT2D eigenvalue weighted by Gasteiger charge is 2.31. The number of aliphatic hydroxyl groups is 1. The number of aromatic nitrogens is 1. The first-order chi connectivity index (χ1) is 12.6. The zero-order valence-corrected chi connectivity index (χ0v) is 14.7. The second-order valence-corrected chi connectivity index (χ2v) is 6.51. The molecule has 1 aliphatic carbocycles. The minimum Gasteiger partial charge on any atom is -0.506 e. The number of hydrogen-bond acceptors (Lipinski definition) is 3. The molecule has 1 aliphatic rings. The molecule has 4 heteroatoms. The van der Waals surface area contributed by atoms with Crippen molar-refractivity contribution in [1.29, 1.82) is 0 Å². The van der Waals surface area contributed by atoms with Crippen LogP contribution in [0.1, 0.15) is 21.5 Å².